The summed E-state index contributed by atoms with van der Waals surface area (Å²) in [6.45, 7) is 7.34. The number of benzene rings is 1. The molecule has 0 spiro atoms. The third-order valence-corrected chi connectivity index (χ3v) is 2.61. The van der Waals surface area contributed by atoms with Gasteiger partial charge in [-0.25, -0.2) is 0 Å². The number of hydrogen-bond donors (Lipinski definition) is 1. The lowest BCUT2D eigenvalue weighted by Crippen LogP contribution is -2.23. The number of hydrogen-bond acceptors (Lipinski definition) is 2. The van der Waals surface area contributed by atoms with Crippen molar-refractivity contribution in [1.82, 2.24) is 5.32 Å². The van der Waals surface area contributed by atoms with Crippen molar-refractivity contribution in [2.45, 2.75) is 33.1 Å². The average Bonchev–Trinajstić information content (AvgIpc) is 2.25. The van der Waals surface area contributed by atoms with Crippen LogP contribution < -0.4 is 5.32 Å². The van der Waals surface area contributed by atoms with Crippen LogP contribution in [0.2, 0.25) is 0 Å². The predicted molar refractivity (Wildman–Crippen MR) is 67.8 cm³/mol. The standard InChI is InChI=1S/C14H21NO/c1-11(2)14-6-4-13(5-7-14)8-9-15-10-12(3)16/h4-7,11,15H,8-10H2,1-3H3. The molecule has 0 saturated carbocycles. The van der Waals surface area contributed by atoms with E-state index in [2.05, 4.69) is 43.4 Å². The summed E-state index contributed by atoms with van der Waals surface area (Å²) in [7, 11) is 0. The van der Waals surface area contributed by atoms with E-state index in [1.54, 1.807) is 6.92 Å². The van der Waals surface area contributed by atoms with Crippen molar-refractivity contribution in [3.8, 4) is 0 Å². The van der Waals surface area contributed by atoms with Crippen molar-refractivity contribution in [2.75, 3.05) is 13.1 Å². The molecule has 2 nitrogen and oxygen atoms in total. The fourth-order valence-corrected chi connectivity index (χ4v) is 1.57. The van der Waals surface area contributed by atoms with Gasteiger partial charge >= 0.3 is 0 Å². The van der Waals surface area contributed by atoms with Gasteiger partial charge in [0.2, 0.25) is 0 Å². The van der Waals surface area contributed by atoms with Gasteiger partial charge in [0.15, 0.2) is 0 Å². The summed E-state index contributed by atoms with van der Waals surface area (Å²) in [4.78, 5) is 10.7. The zero-order valence-corrected chi connectivity index (χ0v) is 10.4. The van der Waals surface area contributed by atoms with Gasteiger partial charge in [-0.3, -0.25) is 4.79 Å². The molecule has 0 amide bonds. The van der Waals surface area contributed by atoms with E-state index in [4.69, 9.17) is 0 Å². The molecule has 0 radical (unpaired) electrons. The molecule has 0 fully saturated rings. The van der Waals surface area contributed by atoms with E-state index < -0.39 is 0 Å². The highest BCUT2D eigenvalue weighted by Crippen LogP contribution is 2.14. The predicted octanol–water partition coefficient (Wildman–Crippen LogP) is 2.53. The van der Waals surface area contributed by atoms with Crippen molar-refractivity contribution >= 4 is 5.78 Å². The van der Waals surface area contributed by atoms with E-state index in [1.165, 1.54) is 11.1 Å². The molecule has 1 N–H and O–H groups in total. The van der Waals surface area contributed by atoms with E-state index in [1.807, 2.05) is 0 Å². The normalized spacial score (nSPS) is 10.8. The van der Waals surface area contributed by atoms with Crippen LogP contribution in [0.5, 0.6) is 0 Å². The minimum Gasteiger partial charge on any atom is -0.310 e. The Morgan fingerprint density at radius 1 is 1.25 bits per heavy atom. The van der Waals surface area contributed by atoms with Crippen LogP contribution in [0.3, 0.4) is 0 Å². The van der Waals surface area contributed by atoms with E-state index in [9.17, 15) is 4.79 Å². The van der Waals surface area contributed by atoms with Crippen LogP contribution in [0.1, 0.15) is 37.8 Å². The molecule has 1 aromatic carbocycles. The summed E-state index contributed by atoms with van der Waals surface area (Å²) in [6.07, 6.45) is 0.978. The topological polar surface area (TPSA) is 29.1 Å². The van der Waals surface area contributed by atoms with Gasteiger partial charge in [0, 0.05) is 0 Å². The smallest absolute Gasteiger partial charge is 0.143 e. The zero-order chi connectivity index (χ0) is 12.0. The summed E-state index contributed by atoms with van der Waals surface area (Å²) in [6, 6.07) is 8.71. The first kappa shape index (κ1) is 12.9. The van der Waals surface area contributed by atoms with Gasteiger partial charge < -0.3 is 5.32 Å². The van der Waals surface area contributed by atoms with Gasteiger partial charge in [0.05, 0.1) is 6.54 Å². The quantitative estimate of drug-likeness (QED) is 0.745. The molecule has 0 aliphatic rings. The van der Waals surface area contributed by atoms with E-state index in [0.717, 1.165) is 13.0 Å². The molecule has 0 heterocycles. The number of carbonyl (C=O) groups is 1. The molecular weight excluding hydrogens is 198 g/mol. The lowest BCUT2D eigenvalue weighted by molar-refractivity contribution is -0.116. The summed E-state index contributed by atoms with van der Waals surface area (Å²) >= 11 is 0. The highest BCUT2D eigenvalue weighted by molar-refractivity contribution is 5.77. The number of ketones is 1. The lowest BCUT2D eigenvalue weighted by Gasteiger charge is -2.07. The largest absolute Gasteiger partial charge is 0.310 e. The molecule has 0 aliphatic heterocycles. The highest BCUT2D eigenvalue weighted by Gasteiger charge is 1.99. The third-order valence-electron chi connectivity index (χ3n) is 2.61. The monoisotopic (exact) mass is 219 g/mol. The van der Waals surface area contributed by atoms with E-state index in [-0.39, 0.29) is 5.78 Å². The Labute approximate surface area is 98.1 Å². The minimum absolute atomic E-state index is 0.190. The molecular formula is C14H21NO. The number of carbonyl (C=O) groups excluding carboxylic acids is 1. The van der Waals surface area contributed by atoms with Crippen molar-refractivity contribution in [3.05, 3.63) is 35.4 Å². The maximum Gasteiger partial charge on any atom is 0.143 e. The Bertz CT molecular complexity index is 327. The molecule has 1 rings (SSSR count). The van der Waals surface area contributed by atoms with Gasteiger partial charge in [-0.15, -0.1) is 0 Å². The van der Waals surface area contributed by atoms with E-state index >= 15 is 0 Å². The Morgan fingerprint density at radius 2 is 1.88 bits per heavy atom. The Hall–Kier alpha value is -1.15. The molecule has 0 atom stereocenters. The van der Waals surface area contributed by atoms with Crippen LogP contribution in [-0.4, -0.2) is 18.9 Å². The maximum atomic E-state index is 10.7. The van der Waals surface area contributed by atoms with Gasteiger partial charge in [-0.1, -0.05) is 38.1 Å². The van der Waals surface area contributed by atoms with Gasteiger partial charge in [0.1, 0.15) is 5.78 Å². The van der Waals surface area contributed by atoms with Crippen molar-refractivity contribution < 1.29 is 4.79 Å². The Balaban J connectivity index is 2.35. The first-order chi connectivity index (χ1) is 7.59. The molecule has 2 heteroatoms. The average molecular weight is 219 g/mol. The SMILES string of the molecule is CC(=O)CNCCc1ccc(C(C)C)cc1. The van der Waals surface area contributed by atoms with Crippen LogP contribution in [-0.2, 0) is 11.2 Å². The minimum atomic E-state index is 0.190. The van der Waals surface area contributed by atoms with Crippen LogP contribution >= 0.6 is 0 Å². The summed E-state index contributed by atoms with van der Waals surface area (Å²) < 4.78 is 0. The molecule has 0 saturated heterocycles. The number of rotatable bonds is 6. The van der Waals surface area contributed by atoms with Gasteiger partial charge in [-0.2, -0.15) is 0 Å². The van der Waals surface area contributed by atoms with Gasteiger partial charge in [-0.05, 0) is 36.9 Å². The fraction of sp³-hybridized carbons (Fsp3) is 0.500. The number of Topliss-reactive ketones (excluding diaryl/α,β-unsaturated/α-hetero) is 1. The third kappa shape index (κ3) is 4.58. The second-order valence-corrected chi connectivity index (χ2v) is 4.53. The first-order valence-corrected chi connectivity index (χ1v) is 5.88. The fourth-order valence-electron chi connectivity index (χ4n) is 1.57. The second-order valence-electron chi connectivity index (χ2n) is 4.53. The Morgan fingerprint density at radius 3 is 2.38 bits per heavy atom. The first-order valence-electron chi connectivity index (χ1n) is 5.88. The number of nitrogens with one attached hydrogen (secondary N) is 1. The molecule has 0 bridgehead atoms. The summed E-state index contributed by atoms with van der Waals surface area (Å²) in [5.74, 6) is 0.778. The van der Waals surface area contributed by atoms with Crippen LogP contribution in [0.4, 0.5) is 0 Å². The van der Waals surface area contributed by atoms with E-state index in [0.29, 0.717) is 12.5 Å². The summed E-state index contributed by atoms with van der Waals surface area (Å²) in [5, 5.41) is 3.12. The van der Waals surface area contributed by atoms with Crippen molar-refractivity contribution in [1.29, 1.82) is 0 Å². The lowest BCUT2D eigenvalue weighted by atomic mass is 10.0. The maximum absolute atomic E-state index is 10.7. The Kier molecular flexibility index (Phi) is 5.20. The molecule has 0 aliphatic carbocycles. The second kappa shape index (κ2) is 6.44. The molecule has 16 heavy (non-hydrogen) atoms. The van der Waals surface area contributed by atoms with Crippen LogP contribution in [0, 0.1) is 0 Å². The van der Waals surface area contributed by atoms with Crippen LogP contribution in [0.15, 0.2) is 24.3 Å². The molecule has 0 aromatic heterocycles. The van der Waals surface area contributed by atoms with Crippen molar-refractivity contribution in [2.24, 2.45) is 0 Å². The summed E-state index contributed by atoms with van der Waals surface area (Å²) in [5.41, 5.74) is 2.70. The van der Waals surface area contributed by atoms with Crippen molar-refractivity contribution in [3.63, 3.8) is 0 Å². The molecule has 0 unspecified atom stereocenters. The van der Waals surface area contributed by atoms with Gasteiger partial charge in [0.25, 0.3) is 0 Å². The zero-order valence-electron chi connectivity index (χ0n) is 10.4. The molecule has 1 aromatic rings. The highest BCUT2D eigenvalue weighted by atomic mass is 16.1. The molecule has 88 valence electrons. The van der Waals surface area contributed by atoms with Crippen LogP contribution in [0.25, 0.3) is 0 Å².